The Morgan fingerprint density at radius 2 is 1.07 bits per heavy atom. The Bertz CT molecular complexity index is 1250. The molecule has 4 aromatic carbocycles. The van der Waals surface area contributed by atoms with Gasteiger partial charge in [0.15, 0.2) is 0 Å². The summed E-state index contributed by atoms with van der Waals surface area (Å²) in [6, 6.07) is 40.1. The lowest BCUT2D eigenvalue weighted by molar-refractivity contribution is 1.29. The zero-order valence-electron chi connectivity index (χ0n) is 15.8. The van der Waals surface area contributed by atoms with Gasteiger partial charge >= 0.3 is 0 Å². The maximum absolute atomic E-state index is 5.11. The fourth-order valence-electron chi connectivity index (χ4n) is 3.58. The highest BCUT2D eigenvalue weighted by atomic mass is 32.2. The number of pyridine rings is 1. The van der Waals surface area contributed by atoms with Crippen LogP contribution in [0.4, 0.5) is 0 Å². The molecule has 0 amide bonds. The first-order chi connectivity index (χ1) is 14.4. The van der Waals surface area contributed by atoms with Crippen molar-refractivity contribution in [2.45, 2.75) is 9.79 Å². The van der Waals surface area contributed by atoms with Crippen molar-refractivity contribution in [2.75, 3.05) is 0 Å². The quantitative estimate of drug-likeness (QED) is 0.312. The van der Waals surface area contributed by atoms with E-state index >= 15 is 0 Å². The van der Waals surface area contributed by atoms with Crippen LogP contribution in [0.15, 0.2) is 125 Å². The molecule has 29 heavy (non-hydrogen) atoms. The zero-order valence-corrected chi connectivity index (χ0v) is 16.6. The molecule has 0 spiro atoms. The molecule has 1 heterocycles. The molecule has 1 nitrogen and oxygen atoms in total. The van der Waals surface area contributed by atoms with Crippen molar-refractivity contribution in [1.82, 2.24) is 4.98 Å². The number of aromatic nitrogens is 1. The highest BCUT2D eigenvalue weighted by Crippen LogP contribution is 2.45. The van der Waals surface area contributed by atoms with Gasteiger partial charge in [0, 0.05) is 26.3 Å². The van der Waals surface area contributed by atoms with Crippen molar-refractivity contribution in [3.05, 3.63) is 115 Å². The molecule has 0 bridgehead atoms. The number of fused-ring (bicyclic) bond motifs is 1. The molecule has 0 aliphatic rings. The SMILES string of the molecule is c1ccc(Sc2c(-c3ccccc3)nc3ccccc3c2-c2ccccc2)cc1. The average Bonchev–Trinajstić information content (AvgIpc) is 2.80. The minimum Gasteiger partial charge on any atom is -0.247 e. The first-order valence-electron chi connectivity index (χ1n) is 9.66. The molecule has 0 atom stereocenters. The number of rotatable bonds is 4. The molecule has 0 saturated heterocycles. The van der Waals surface area contributed by atoms with Gasteiger partial charge in [0.1, 0.15) is 0 Å². The van der Waals surface area contributed by atoms with Crippen molar-refractivity contribution in [3.8, 4) is 22.4 Å². The van der Waals surface area contributed by atoms with Crippen LogP contribution in [0, 0.1) is 0 Å². The average molecular weight is 390 g/mol. The first-order valence-corrected chi connectivity index (χ1v) is 10.5. The van der Waals surface area contributed by atoms with Crippen LogP contribution in [-0.2, 0) is 0 Å². The molecule has 0 unspecified atom stereocenters. The molecule has 1 aromatic heterocycles. The summed E-state index contributed by atoms with van der Waals surface area (Å²) >= 11 is 1.78. The molecular weight excluding hydrogens is 370 g/mol. The number of hydrogen-bond donors (Lipinski definition) is 0. The standard InChI is InChI=1S/C27H19NS/c1-4-12-20(13-5-1)25-23-18-10-11-19-24(23)28-26(21-14-6-2-7-15-21)27(25)29-22-16-8-3-9-17-22/h1-19H. The topological polar surface area (TPSA) is 12.9 Å². The maximum Gasteiger partial charge on any atom is 0.0855 e. The lowest BCUT2D eigenvalue weighted by Crippen LogP contribution is -1.95. The van der Waals surface area contributed by atoms with E-state index in [1.54, 1.807) is 11.8 Å². The van der Waals surface area contributed by atoms with Gasteiger partial charge in [-0.1, -0.05) is 109 Å². The van der Waals surface area contributed by atoms with Gasteiger partial charge in [-0.05, 0) is 23.8 Å². The third-order valence-corrected chi connectivity index (χ3v) is 6.03. The Hall–Kier alpha value is -3.36. The van der Waals surface area contributed by atoms with Gasteiger partial charge in [-0.15, -0.1) is 0 Å². The molecule has 5 aromatic rings. The Labute approximate surface area is 175 Å². The molecule has 138 valence electrons. The minimum absolute atomic E-state index is 1.02. The molecule has 5 rings (SSSR count). The number of nitrogens with zero attached hydrogens (tertiary/aromatic N) is 1. The normalized spacial score (nSPS) is 10.9. The van der Waals surface area contributed by atoms with Gasteiger partial charge in [-0.25, -0.2) is 4.98 Å². The lowest BCUT2D eigenvalue weighted by atomic mass is 9.98. The summed E-state index contributed by atoms with van der Waals surface area (Å²) in [6.07, 6.45) is 0. The molecule has 0 aliphatic carbocycles. The zero-order chi connectivity index (χ0) is 19.5. The third kappa shape index (κ3) is 3.55. The highest BCUT2D eigenvalue weighted by molar-refractivity contribution is 7.99. The second-order valence-corrected chi connectivity index (χ2v) is 7.91. The molecular formula is C27H19NS. The summed E-state index contributed by atoms with van der Waals surface area (Å²) < 4.78 is 0. The number of benzene rings is 4. The van der Waals surface area contributed by atoms with E-state index in [0.717, 1.165) is 16.8 Å². The second kappa shape index (κ2) is 7.94. The van der Waals surface area contributed by atoms with Crippen LogP contribution in [-0.4, -0.2) is 4.98 Å². The molecule has 2 heteroatoms. The molecule has 0 radical (unpaired) electrons. The van der Waals surface area contributed by atoms with Gasteiger partial charge < -0.3 is 0 Å². The summed E-state index contributed by atoms with van der Waals surface area (Å²) in [5.41, 5.74) is 5.62. The van der Waals surface area contributed by atoms with Crippen LogP contribution in [0.5, 0.6) is 0 Å². The van der Waals surface area contributed by atoms with Crippen molar-refractivity contribution in [3.63, 3.8) is 0 Å². The highest BCUT2D eigenvalue weighted by Gasteiger charge is 2.18. The Morgan fingerprint density at radius 1 is 0.517 bits per heavy atom. The van der Waals surface area contributed by atoms with Gasteiger partial charge in [0.05, 0.1) is 11.2 Å². The van der Waals surface area contributed by atoms with E-state index in [2.05, 4.69) is 109 Å². The van der Waals surface area contributed by atoms with Gasteiger partial charge in [0.2, 0.25) is 0 Å². The lowest BCUT2D eigenvalue weighted by Gasteiger charge is -2.17. The van der Waals surface area contributed by atoms with E-state index in [-0.39, 0.29) is 0 Å². The Morgan fingerprint density at radius 3 is 1.76 bits per heavy atom. The summed E-state index contributed by atoms with van der Waals surface area (Å²) in [5.74, 6) is 0. The number of para-hydroxylation sites is 1. The maximum atomic E-state index is 5.11. The van der Waals surface area contributed by atoms with Crippen molar-refractivity contribution in [2.24, 2.45) is 0 Å². The summed E-state index contributed by atoms with van der Waals surface area (Å²) in [4.78, 5) is 7.50. The number of hydrogen-bond acceptors (Lipinski definition) is 2. The van der Waals surface area contributed by atoms with Crippen molar-refractivity contribution < 1.29 is 0 Å². The molecule has 0 saturated carbocycles. The monoisotopic (exact) mass is 389 g/mol. The summed E-state index contributed by atoms with van der Waals surface area (Å²) in [7, 11) is 0. The van der Waals surface area contributed by atoms with Crippen LogP contribution in [0.3, 0.4) is 0 Å². The van der Waals surface area contributed by atoms with E-state index < -0.39 is 0 Å². The first kappa shape index (κ1) is 17.7. The fourth-order valence-corrected chi connectivity index (χ4v) is 4.70. The van der Waals surface area contributed by atoms with Crippen LogP contribution in [0.2, 0.25) is 0 Å². The predicted molar refractivity (Wildman–Crippen MR) is 123 cm³/mol. The van der Waals surface area contributed by atoms with E-state index in [4.69, 9.17) is 4.98 Å². The van der Waals surface area contributed by atoms with Crippen LogP contribution in [0.1, 0.15) is 0 Å². The van der Waals surface area contributed by atoms with E-state index in [1.807, 2.05) is 6.07 Å². The van der Waals surface area contributed by atoms with Crippen LogP contribution in [0.25, 0.3) is 33.3 Å². The summed E-state index contributed by atoms with van der Waals surface area (Å²) in [6.45, 7) is 0. The molecule has 0 N–H and O–H groups in total. The van der Waals surface area contributed by atoms with Crippen LogP contribution < -0.4 is 0 Å². The Balaban J connectivity index is 1.86. The fraction of sp³-hybridized carbons (Fsp3) is 0. The summed E-state index contributed by atoms with van der Waals surface area (Å²) in [5, 5.41) is 1.18. The van der Waals surface area contributed by atoms with Crippen molar-refractivity contribution in [1.29, 1.82) is 0 Å². The van der Waals surface area contributed by atoms with E-state index in [1.165, 1.54) is 26.3 Å². The smallest absolute Gasteiger partial charge is 0.0855 e. The van der Waals surface area contributed by atoms with Gasteiger partial charge in [-0.2, -0.15) is 0 Å². The Kier molecular flexibility index (Phi) is 4.85. The minimum atomic E-state index is 1.02. The molecule has 0 aliphatic heterocycles. The molecule has 0 fully saturated rings. The van der Waals surface area contributed by atoms with Gasteiger partial charge in [0.25, 0.3) is 0 Å². The van der Waals surface area contributed by atoms with Crippen molar-refractivity contribution >= 4 is 22.7 Å². The van der Waals surface area contributed by atoms with Crippen LogP contribution >= 0.6 is 11.8 Å². The second-order valence-electron chi connectivity index (χ2n) is 6.83. The van der Waals surface area contributed by atoms with E-state index in [9.17, 15) is 0 Å². The van der Waals surface area contributed by atoms with E-state index in [0.29, 0.717) is 0 Å². The largest absolute Gasteiger partial charge is 0.247 e. The third-order valence-electron chi connectivity index (χ3n) is 4.92. The predicted octanol–water partition coefficient (Wildman–Crippen LogP) is 7.72. The van der Waals surface area contributed by atoms with Gasteiger partial charge in [-0.3, -0.25) is 0 Å².